The second-order valence-electron chi connectivity index (χ2n) is 7.96. The highest BCUT2D eigenvalue weighted by Crippen LogP contribution is 2.23. The third kappa shape index (κ3) is 4.53. The number of carbonyl (C=O) groups excluding carboxylic acids is 1. The predicted molar refractivity (Wildman–Crippen MR) is 127 cm³/mol. The standard InChI is InChI=1S/C26H25N3OS/c30-26(17-22-11-6-10-20-7-4-5-12-23(20)22)29-15-13-28(14-16-29)18-25-27-24(19-31-25)21-8-2-1-3-9-21/h1-12,19H,13-18H2. The predicted octanol–water partition coefficient (Wildman–Crippen LogP) is 4.85. The van der Waals surface area contributed by atoms with E-state index in [0.29, 0.717) is 6.42 Å². The molecule has 1 fully saturated rings. The lowest BCUT2D eigenvalue weighted by Gasteiger charge is -2.34. The van der Waals surface area contributed by atoms with Gasteiger partial charge in [-0.15, -0.1) is 11.3 Å². The first-order chi connectivity index (χ1) is 15.3. The molecule has 4 aromatic rings. The van der Waals surface area contributed by atoms with Gasteiger partial charge in [-0.1, -0.05) is 72.8 Å². The van der Waals surface area contributed by atoms with Crippen molar-refractivity contribution in [3.8, 4) is 11.3 Å². The van der Waals surface area contributed by atoms with Gasteiger partial charge in [-0.2, -0.15) is 0 Å². The fraction of sp³-hybridized carbons (Fsp3) is 0.231. The van der Waals surface area contributed by atoms with Crippen molar-refractivity contribution in [2.45, 2.75) is 13.0 Å². The van der Waals surface area contributed by atoms with E-state index in [1.54, 1.807) is 11.3 Å². The summed E-state index contributed by atoms with van der Waals surface area (Å²) < 4.78 is 0. The van der Waals surface area contributed by atoms with Crippen LogP contribution in [0.5, 0.6) is 0 Å². The Morgan fingerprint density at radius 1 is 0.871 bits per heavy atom. The molecule has 0 N–H and O–H groups in total. The topological polar surface area (TPSA) is 36.4 Å². The maximum Gasteiger partial charge on any atom is 0.227 e. The van der Waals surface area contributed by atoms with E-state index in [0.717, 1.165) is 54.6 Å². The molecule has 0 bridgehead atoms. The van der Waals surface area contributed by atoms with Crippen LogP contribution in [-0.4, -0.2) is 46.9 Å². The molecule has 0 radical (unpaired) electrons. The molecule has 0 spiro atoms. The van der Waals surface area contributed by atoms with Crippen LogP contribution >= 0.6 is 11.3 Å². The van der Waals surface area contributed by atoms with E-state index in [2.05, 4.69) is 46.7 Å². The molecule has 5 heteroatoms. The second-order valence-corrected chi connectivity index (χ2v) is 8.91. The average molecular weight is 428 g/mol. The number of benzene rings is 3. The van der Waals surface area contributed by atoms with Crippen LogP contribution in [0.1, 0.15) is 10.6 Å². The molecule has 0 saturated carbocycles. The Bertz CT molecular complexity index is 1170. The van der Waals surface area contributed by atoms with Crippen molar-refractivity contribution in [3.05, 3.63) is 88.7 Å². The normalized spacial score (nSPS) is 14.8. The van der Waals surface area contributed by atoms with Crippen LogP contribution in [0, 0.1) is 0 Å². The quantitative estimate of drug-likeness (QED) is 0.457. The van der Waals surface area contributed by atoms with Crippen LogP contribution in [0.15, 0.2) is 78.2 Å². The highest BCUT2D eigenvalue weighted by molar-refractivity contribution is 7.09. The lowest BCUT2D eigenvalue weighted by atomic mass is 10.0. The number of carbonyl (C=O) groups is 1. The first-order valence-electron chi connectivity index (χ1n) is 10.7. The SMILES string of the molecule is O=C(Cc1cccc2ccccc12)N1CCN(Cc2nc(-c3ccccc3)cs2)CC1. The minimum Gasteiger partial charge on any atom is -0.340 e. The van der Waals surface area contributed by atoms with Crippen LogP contribution in [-0.2, 0) is 17.8 Å². The number of hydrogen-bond donors (Lipinski definition) is 0. The van der Waals surface area contributed by atoms with E-state index in [1.807, 2.05) is 41.3 Å². The highest BCUT2D eigenvalue weighted by Gasteiger charge is 2.22. The van der Waals surface area contributed by atoms with Crippen molar-refractivity contribution in [1.29, 1.82) is 0 Å². The van der Waals surface area contributed by atoms with Crippen molar-refractivity contribution >= 4 is 28.0 Å². The Hall–Kier alpha value is -3.02. The van der Waals surface area contributed by atoms with Gasteiger partial charge in [0.05, 0.1) is 18.7 Å². The van der Waals surface area contributed by atoms with Gasteiger partial charge in [0.1, 0.15) is 5.01 Å². The molecule has 2 heterocycles. The van der Waals surface area contributed by atoms with Gasteiger partial charge in [0, 0.05) is 37.1 Å². The van der Waals surface area contributed by atoms with Crippen molar-refractivity contribution in [3.63, 3.8) is 0 Å². The molecule has 1 aliphatic heterocycles. The summed E-state index contributed by atoms with van der Waals surface area (Å²) in [5.74, 6) is 0.219. The number of aromatic nitrogens is 1. The second kappa shape index (κ2) is 9.00. The number of rotatable bonds is 5. The Morgan fingerprint density at radius 3 is 2.45 bits per heavy atom. The largest absolute Gasteiger partial charge is 0.340 e. The Morgan fingerprint density at radius 2 is 1.61 bits per heavy atom. The average Bonchev–Trinajstić information content (AvgIpc) is 3.29. The van der Waals surface area contributed by atoms with Gasteiger partial charge >= 0.3 is 0 Å². The maximum atomic E-state index is 12.9. The molecule has 1 amide bonds. The van der Waals surface area contributed by atoms with Crippen molar-refractivity contribution in [2.24, 2.45) is 0 Å². The summed E-state index contributed by atoms with van der Waals surface area (Å²) in [5.41, 5.74) is 3.32. The molecular formula is C26H25N3OS. The molecule has 3 aromatic carbocycles. The van der Waals surface area contributed by atoms with Gasteiger partial charge in [-0.25, -0.2) is 4.98 Å². The number of fused-ring (bicyclic) bond motifs is 1. The molecule has 0 unspecified atom stereocenters. The summed E-state index contributed by atoms with van der Waals surface area (Å²) in [6, 6.07) is 24.8. The molecule has 1 saturated heterocycles. The van der Waals surface area contributed by atoms with Crippen molar-refractivity contribution < 1.29 is 4.79 Å². The van der Waals surface area contributed by atoms with E-state index in [-0.39, 0.29) is 5.91 Å². The molecule has 4 nitrogen and oxygen atoms in total. The van der Waals surface area contributed by atoms with E-state index in [9.17, 15) is 4.79 Å². The maximum absolute atomic E-state index is 12.9. The molecule has 1 aromatic heterocycles. The van der Waals surface area contributed by atoms with Crippen LogP contribution < -0.4 is 0 Å². The number of piperazine rings is 1. The van der Waals surface area contributed by atoms with Crippen LogP contribution in [0.2, 0.25) is 0 Å². The van der Waals surface area contributed by atoms with Gasteiger partial charge in [0.2, 0.25) is 5.91 Å². The molecule has 1 aliphatic rings. The van der Waals surface area contributed by atoms with Gasteiger partial charge in [-0.3, -0.25) is 9.69 Å². The van der Waals surface area contributed by atoms with Gasteiger partial charge in [-0.05, 0) is 16.3 Å². The van der Waals surface area contributed by atoms with E-state index in [4.69, 9.17) is 4.98 Å². The molecular weight excluding hydrogens is 402 g/mol. The fourth-order valence-electron chi connectivity index (χ4n) is 4.19. The Kier molecular flexibility index (Phi) is 5.78. The summed E-state index contributed by atoms with van der Waals surface area (Å²) in [4.78, 5) is 22.2. The van der Waals surface area contributed by atoms with Gasteiger partial charge < -0.3 is 4.90 Å². The van der Waals surface area contributed by atoms with Crippen LogP contribution in [0.4, 0.5) is 0 Å². The third-order valence-corrected chi connectivity index (χ3v) is 6.76. The number of nitrogens with zero attached hydrogens (tertiary/aromatic N) is 3. The van der Waals surface area contributed by atoms with Crippen molar-refractivity contribution in [2.75, 3.05) is 26.2 Å². The summed E-state index contributed by atoms with van der Waals surface area (Å²) in [6.07, 6.45) is 0.467. The summed E-state index contributed by atoms with van der Waals surface area (Å²) >= 11 is 1.71. The summed E-state index contributed by atoms with van der Waals surface area (Å²) in [7, 11) is 0. The van der Waals surface area contributed by atoms with E-state index < -0.39 is 0 Å². The third-order valence-electron chi connectivity index (χ3n) is 5.93. The first-order valence-corrected chi connectivity index (χ1v) is 11.6. The summed E-state index contributed by atoms with van der Waals surface area (Å²) in [6.45, 7) is 4.19. The number of hydrogen-bond acceptors (Lipinski definition) is 4. The highest BCUT2D eigenvalue weighted by atomic mass is 32.1. The lowest BCUT2D eigenvalue weighted by Crippen LogP contribution is -2.48. The Balaban J connectivity index is 1.17. The molecule has 5 rings (SSSR count). The molecule has 0 atom stereocenters. The Labute approximate surface area is 186 Å². The van der Waals surface area contributed by atoms with Gasteiger partial charge in [0.25, 0.3) is 0 Å². The van der Waals surface area contributed by atoms with E-state index in [1.165, 1.54) is 10.8 Å². The summed E-state index contributed by atoms with van der Waals surface area (Å²) in [5, 5.41) is 5.63. The van der Waals surface area contributed by atoms with E-state index >= 15 is 0 Å². The zero-order valence-electron chi connectivity index (χ0n) is 17.4. The number of amides is 1. The lowest BCUT2D eigenvalue weighted by molar-refractivity contribution is -0.132. The van der Waals surface area contributed by atoms with Crippen LogP contribution in [0.3, 0.4) is 0 Å². The minimum atomic E-state index is 0.219. The first kappa shape index (κ1) is 19.9. The van der Waals surface area contributed by atoms with Crippen molar-refractivity contribution in [1.82, 2.24) is 14.8 Å². The minimum absolute atomic E-state index is 0.219. The van der Waals surface area contributed by atoms with Crippen LogP contribution in [0.25, 0.3) is 22.0 Å². The fourth-order valence-corrected chi connectivity index (χ4v) is 5.04. The smallest absolute Gasteiger partial charge is 0.227 e. The van der Waals surface area contributed by atoms with Gasteiger partial charge in [0.15, 0.2) is 0 Å². The molecule has 156 valence electrons. The zero-order chi connectivity index (χ0) is 21.0. The zero-order valence-corrected chi connectivity index (χ0v) is 18.2. The monoisotopic (exact) mass is 427 g/mol. The molecule has 31 heavy (non-hydrogen) atoms. The molecule has 0 aliphatic carbocycles. The number of thiazole rings is 1.